The Kier molecular flexibility index (Phi) is 8.65. The fourth-order valence-corrected chi connectivity index (χ4v) is 3.98. The number of alkyl halides is 3. The molecule has 0 fully saturated rings. The average Bonchev–Trinajstić information content (AvgIpc) is 2.75. The Balaban J connectivity index is 2.42. The molecule has 0 heterocycles. The number of nitrogens with one attached hydrogen (secondary N) is 1. The normalized spacial score (nSPS) is 12.7. The molecule has 0 aliphatic heterocycles. The molecule has 12 heteroatoms. The molecule has 0 unspecified atom stereocenters. The van der Waals surface area contributed by atoms with Gasteiger partial charge in [0.15, 0.2) is 0 Å². The van der Waals surface area contributed by atoms with Crippen molar-refractivity contribution in [3.8, 4) is 0 Å². The molecule has 2 aromatic rings. The molecule has 1 N–H and O–H groups in total. The fraction of sp³-hybridized carbons (Fsp3) is 0.364. The van der Waals surface area contributed by atoms with E-state index >= 15 is 0 Å². The van der Waals surface area contributed by atoms with Crippen molar-refractivity contribution < 1.29 is 35.6 Å². The molecule has 1 atom stereocenters. The lowest BCUT2D eigenvalue weighted by Crippen LogP contribution is -2.51. The van der Waals surface area contributed by atoms with Crippen LogP contribution in [0.4, 0.5) is 23.2 Å². The number of rotatable bonds is 9. The molecular formula is C22H25F4N3O4S. The number of likely N-dealkylation sites (N-methyl/N-ethyl adjacent to an activating group) is 1. The fourth-order valence-electron chi connectivity index (χ4n) is 3.14. The lowest BCUT2D eigenvalue weighted by Gasteiger charge is -2.31. The summed E-state index contributed by atoms with van der Waals surface area (Å²) in [6.45, 7) is 2.39. The van der Waals surface area contributed by atoms with Crippen LogP contribution in [0.15, 0.2) is 48.5 Å². The van der Waals surface area contributed by atoms with Gasteiger partial charge in [-0.25, -0.2) is 12.8 Å². The Bertz CT molecular complexity index is 1120. The minimum atomic E-state index is -4.72. The van der Waals surface area contributed by atoms with Crippen LogP contribution >= 0.6 is 0 Å². The summed E-state index contributed by atoms with van der Waals surface area (Å²) in [5.74, 6) is -1.85. The summed E-state index contributed by atoms with van der Waals surface area (Å²) in [6.07, 6.45) is -3.96. The first-order valence-electron chi connectivity index (χ1n) is 10.2. The Morgan fingerprint density at radius 3 is 2.24 bits per heavy atom. The quantitative estimate of drug-likeness (QED) is 0.533. The van der Waals surface area contributed by atoms with Crippen LogP contribution in [0.5, 0.6) is 0 Å². The molecule has 0 radical (unpaired) electrons. The zero-order chi connectivity index (χ0) is 25.7. The summed E-state index contributed by atoms with van der Waals surface area (Å²) in [5.41, 5.74) is -0.959. The largest absolute Gasteiger partial charge is 0.416 e. The van der Waals surface area contributed by atoms with Crippen molar-refractivity contribution in [3.05, 3.63) is 65.5 Å². The van der Waals surface area contributed by atoms with Crippen molar-refractivity contribution in [2.75, 3.05) is 23.7 Å². The molecule has 0 saturated heterocycles. The van der Waals surface area contributed by atoms with Gasteiger partial charge < -0.3 is 10.2 Å². The molecule has 0 bridgehead atoms. The summed E-state index contributed by atoms with van der Waals surface area (Å²) < 4.78 is 78.1. The third-order valence-electron chi connectivity index (χ3n) is 4.93. The number of nitrogens with zero attached hydrogens (tertiary/aromatic N) is 2. The molecule has 0 spiro atoms. The van der Waals surface area contributed by atoms with Crippen LogP contribution in [0.2, 0.25) is 0 Å². The molecule has 0 saturated carbocycles. The minimum absolute atomic E-state index is 0.155. The highest BCUT2D eigenvalue weighted by Gasteiger charge is 2.33. The van der Waals surface area contributed by atoms with E-state index in [1.54, 1.807) is 6.92 Å². The number of benzene rings is 2. The van der Waals surface area contributed by atoms with Gasteiger partial charge in [-0.3, -0.25) is 13.9 Å². The van der Waals surface area contributed by atoms with E-state index < -0.39 is 52.0 Å². The molecule has 7 nitrogen and oxygen atoms in total. The van der Waals surface area contributed by atoms with Crippen LogP contribution in [0.1, 0.15) is 25.0 Å². The SMILES string of the molecule is CCNC(=O)[C@@H](C)N(Cc1ccc(F)cc1)C(=O)CN(c1cccc(C(F)(F)F)c1)S(C)(=O)=O. The first-order chi connectivity index (χ1) is 15.7. The second-order valence-corrected chi connectivity index (χ2v) is 9.44. The van der Waals surface area contributed by atoms with Gasteiger partial charge in [-0.1, -0.05) is 18.2 Å². The lowest BCUT2D eigenvalue weighted by atomic mass is 10.1. The highest BCUT2D eigenvalue weighted by molar-refractivity contribution is 7.92. The highest BCUT2D eigenvalue weighted by Crippen LogP contribution is 2.32. The van der Waals surface area contributed by atoms with Crippen molar-refractivity contribution in [3.63, 3.8) is 0 Å². The number of hydrogen-bond donors (Lipinski definition) is 1. The van der Waals surface area contributed by atoms with Crippen molar-refractivity contribution in [2.45, 2.75) is 32.6 Å². The van der Waals surface area contributed by atoms with Gasteiger partial charge in [-0.05, 0) is 49.7 Å². The molecule has 0 aliphatic rings. The van der Waals surface area contributed by atoms with E-state index in [1.807, 2.05) is 0 Å². The zero-order valence-electron chi connectivity index (χ0n) is 18.8. The molecule has 0 aliphatic carbocycles. The molecule has 2 amide bonds. The summed E-state index contributed by atoms with van der Waals surface area (Å²) >= 11 is 0. The summed E-state index contributed by atoms with van der Waals surface area (Å²) in [4.78, 5) is 26.7. The van der Waals surface area contributed by atoms with Gasteiger partial charge >= 0.3 is 6.18 Å². The van der Waals surface area contributed by atoms with E-state index in [9.17, 15) is 35.6 Å². The number of sulfonamides is 1. The van der Waals surface area contributed by atoms with Gasteiger partial charge in [0, 0.05) is 13.1 Å². The first kappa shape index (κ1) is 27.1. The maximum atomic E-state index is 13.3. The third kappa shape index (κ3) is 7.17. The van der Waals surface area contributed by atoms with Crippen LogP contribution in [-0.4, -0.2) is 50.5 Å². The number of carbonyl (C=O) groups is 2. The maximum absolute atomic E-state index is 13.3. The zero-order valence-corrected chi connectivity index (χ0v) is 19.6. The number of amides is 2. The molecule has 0 aromatic heterocycles. The second kappa shape index (κ2) is 10.9. The van der Waals surface area contributed by atoms with Crippen molar-refractivity contribution in [1.29, 1.82) is 0 Å². The predicted octanol–water partition coefficient (Wildman–Crippen LogP) is 3.16. The Labute approximate surface area is 195 Å². The van der Waals surface area contributed by atoms with Crippen LogP contribution in [-0.2, 0) is 32.3 Å². The van der Waals surface area contributed by atoms with Crippen molar-refractivity contribution in [1.82, 2.24) is 10.2 Å². The van der Waals surface area contributed by atoms with E-state index in [4.69, 9.17) is 0 Å². The summed E-state index contributed by atoms with van der Waals surface area (Å²) in [5, 5.41) is 2.57. The number of carbonyl (C=O) groups excluding carboxylic acids is 2. The standard InChI is InChI=1S/C22H25F4N3O4S/c1-4-27-21(31)15(2)28(13-16-8-10-18(23)11-9-16)20(30)14-29(34(3,32)33)19-7-5-6-17(12-19)22(24,25)26/h5-12,15H,4,13-14H2,1-3H3,(H,27,31)/t15-/m1/s1. The van der Waals surface area contributed by atoms with Gasteiger partial charge in [-0.15, -0.1) is 0 Å². The monoisotopic (exact) mass is 503 g/mol. The number of hydrogen-bond acceptors (Lipinski definition) is 4. The summed E-state index contributed by atoms with van der Waals surface area (Å²) in [7, 11) is -4.18. The van der Waals surface area contributed by atoms with Gasteiger partial charge in [0.1, 0.15) is 18.4 Å². The van der Waals surface area contributed by atoms with E-state index in [-0.39, 0.29) is 18.8 Å². The first-order valence-corrected chi connectivity index (χ1v) is 12.1. The van der Waals surface area contributed by atoms with Gasteiger partial charge in [-0.2, -0.15) is 13.2 Å². The van der Waals surface area contributed by atoms with Gasteiger partial charge in [0.2, 0.25) is 21.8 Å². The van der Waals surface area contributed by atoms with Crippen LogP contribution in [0, 0.1) is 5.82 Å². The van der Waals surface area contributed by atoms with Crippen molar-refractivity contribution >= 4 is 27.5 Å². The van der Waals surface area contributed by atoms with E-state index in [2.05, 4.69) is 5.32 Å². The van der Waals surface area contributed by atoms with Gasteiger partial charge in [0.05, 0.1) is 17.5 Å². The average molecular weight is 504 g/mol. The molecule has 186 valence electrons. The summed E-state index contributed by atoms with van der Waals surface area (Å²) in [6, 6.07) is 7.69. The maximum Gasteiger partial charge on any atom is 0.416 e. The lowest BCUT2D eigenvalue weighted by molar-refractivity contribution is -0.139. The van der Waals surface area contributed by atoms with Crippen molar-refractivity contribution in [2.24, 2.45) is 0 Å². The van der Waals surface area contributed by atoms with Crippen LogP contribution in [0.25, 0.3) is 0 Å². The van der Waals surface area contributed by atoms with Gasteiger partial charge in [0.25, 0.3) is 0 Å². The third-order valence-corrected chi connectivity index (χ3v) is 6.07. The number of anilines is 1. The van der Waals surface area contributed by atoms with Crippen LogP contribution < -0.4 is 9.62 Å². The molecule has 2 aromatic carbocycles. The second-order valence-electron chi connectivity index (χ2n) is 7.54. The molecule has 34 heavy (non-hydrogen) atoms. The smallest absolute Gasteiger partial charge is 0.355 e. The highest BCUT2D eigenvalue weighted by atomic mass is 32.2. The Morgan fingerprint density at radius 2 is 1.71 bits per heavy atom. The number of halogens is 4. The molecular weight excluding hydrogens is 478 g/mol. The van der Waals surface area contributed by atoms with Crippen LogP contribution in [0.3, 0.4) is 0 Å². The van der Waals surface area contributed by atoms with E-state index in [1.165, 1.54) is 31.2 Å². The Hall–Kier alpha value is -3.15. The predicted molar refractivity (Wildman–Crippen MR) is 119 cm³/mol. The minimum Gasteiger partial charge on any atom is -0.355 e. The van der Waals surface area contributed by atoms with E-state index in [0.29, 0.717) is 15.9 Å². The molecule has 2 rings (SSSR count). The Morgan fingerprint density at radius 1 is 1.09 bits per heavy atom. The topological polar surface area (TPSA) is 86.8 Å². The van der Waals surface area contributed by atoms with E-state index in [0.717, 1.165) is 29.4 Å².